The van der Waals surface area contributed by atoms with Crippen LogP contribution in [-0.4, -0.2) is 77.7 Å². The Kier molecular flexibility index (Phi) is 10.8. The van der Waals surface area contributed by atoms with E-state index in [1.807, 2.05) is 37.0 Å². The Bertz CT molecular complexity index is 1100. The summed E-state index contributed by atoms with van der Waals surface area (Å²) in [5.74, 6) is 0.211. The molecule has 2 amide bonds. The molecule has 38 heavy (non-hydrogen) atoms. The van der Waals surface area contributed by atoms with Crippen LogP contribution in [0.2, 0.25) is 0 Å². The Morgan fingerprint density at radius 3 is 2.45 bits per heavy atom. The average molecular weight is 525 g/mol. The van der Waals surface area contributed by atoms with Gasteiger partial charge < -0.3 is 9.64 Å². The van der Waals surface area contributed by atoms with Gasteiger partial charge in [0.2, 0.25) is 11.8 Å². The zero-order valence-electron chi connectivity index (χ0n) is 23.3. The Labute approximate surface area is 226 Å². The molecule has 206 valence electrons. The van der Waals surface area contributed by atoms with E-state index in [2.05, 4.69) is 29.1 Å². The van der Waals surface area contributed by atoms with Gasteiger partial charge in [0.05, 0.1) is 18.4 Å². The Morgan fingerprint density at radius 2 is 1.82 bits per heavy atom. The second-order valence-electron chi connectivity index (χ2n) is 9.73. The van der Waals surface area contributed by atoms with Gasteiger partial charge in [0.1, 0.15) is 11.6 Å². The quantitative estimate of drug-likeness (QED) is 0.536. The molecule has 2 atom stereocenters. The zero-order valence-corrected chi connectivity index (χ0v) is 23.3. The molecule has 3 aliphatic rings. The molecule has 0 N–H and O–H groups in total. The number of hydrogen-bond donors (Lipinski definition) is 0. The normalized spacial score (nSPS) is 21.3. The lowest BCUT2D eigenvalue weighted by atomic mass is 9.87. The summed E-state index contributed by atoms with van der Waals surface area (Å²) >= 11 is 0. The van der Waals surface area contributed by atoms with E-state index in [1.165, 1.54) is 37.0 Å². The van der Waals surface area contributed by atoms with Gasteiger partial charge in [-0.05, 0) is 50.1 Å². The van der Waals surface area contributed by atoms with Gasteiger partial charge in [-0.2, -0.15) is 5.10 Å². The van der Waals surface area contributed by atoms with Gasteiger partial charge in [-0.3, -0.25) is 14.5 Å². The number of hydrazone groups is 1. The molecule has 0 aromatic heterocycles. The van der Waals surface area contributed by atoms with Crippen LogP contribution in [-0.2, 0) is 9.59 Å². The summed E-state index contributed by atoms with van der Waals surface area (Å²) in [4.78, 5) is 27.5. The van der Waals surface area contributed by atoms with E-state index in [-0.39, 0.29) is 29.6 Å². The number of carbonyl (C=O) groups is 2. The summed E-state index contributed by atoms with van der Waals surface area (Å²) < 4.78 is 19.6. The lowest BCUT2D eigenvalue weighted by Gasteiger charge is -2.33. The van der Waals surface area contributed by atoms with E-state index >= 15 is 0 Å². The highest BCUT2D eigenvalue weighted by Gasteiger charge is 2.39. The summed E-state index contributed by atoms with van der Waals surface area (Å²) in [5.41, 5.74) is 2.30. The van der Waals surface area contributed by atoms with Gasteiger partial charge in [-0.15, -0.1) is 0 Å². The Hall–Kier alpha value is -3.26. The number of hydrogen-bond acceptors (Lipinski definition) is 5. The SMILES string of the molecule is CCCN1CCN(C(C)=O)CC1.CCOc1ccc(F)cc1C1=NN(C(C)=O)C(C2=CCC=CC=C2)C1C. The second kappa shape index (κ2) is 14.0. The van der Waals surface area contributed by atoms with Crippen molar-refractivity contribution in [2.75, 3.05) is 39.3 Å². The first kappa shape index (κ1) is 29.3. The van der Waals surface area contributed by atoms with Gasteiger partial charge in [0.15, 0.2) is 0 Å². The molecule has 1 fully saturated rings. The van der Waals surface area contributed by atoms with Gasteiger partial charge >= 0.3 is 0 Å². The molecule has 2 heterocycles. The Morgan fingerprint density at radius 1 is 1.08 bits per heavy atom. The maximum absolute atomic E-state index is 13.9. The number of carbonyl (C=O) groups excluding carboxylic acids is 2. The number of halogens is 1. The molecular formula is C30H41FN4O3. The van der Waals surface area contributed by atoms with E-state index in [0.717, 1.165) is 38.2 Å². The highest BCUT2D eigenvalue weighted by molar-refractivity contribution is 6.07. The zero-order chi connectivity index (χ0) is 27.7. The standard InChI is InChI=1S/C21H23FN2O2.C9H18N2O/c1-4-26-19-12-11-17(22)13-18(19)20-14(2)21(24(23-20)15(3)25)16-9-7-5-6-8-10-16;1-3-4-10-5-7-11(8-6-10)9(2)12/h5-7,9-14,21H,4,8H2,1-3H3;3-8H2,1-2H3. The first-order chi connectivity index (χ1) is 18.3. The molecule has 0 radical (unpaired) electrons. The van der Waals surface area contributed by atoms with Crippen LogP contribution in [0.3, 0.4) is 0 Å². The van der Waals surface area contributed by atoms with Crippen LogP contribution in [0.15, 0.2) is 59.3 Å². The summed E-state index contributed by atoms with van der Waals surface area (Å²) in [6.45, 7) is 14.8. The third kappa shape index (κ3) is 7.40. The van der Waals surface area contributed by atoms with Crippen molar-refractivity contribution in [2.24, 2.45) is 11.0 Å². The van der Waals surface area contributed by atoms with Crippen molar-refractivity contribution in [1.82, 2.24) is 14.8 Å². The predicted molar refractivity (Wildman–Crippen MR) is 150 cm³/mol. The fraction of sp³-hybridized carbons (Fsp3) is 0.500. The molecular weight excluding hydrogens is 483 g/mol. The number of piperazine rings is 1. The molecule has 8 heteroatoms. The number of rotatable bonds is 6. The molecule has 2 unspecified atom stereocenters. The van der Waals surface area contributed by atoms with E-state index in [9.17, 15) is 14.0 Å². The van der Waals surface area contributed by atoms with E-state index in [0.29, 0.717) is 23.6 Å². The highest BCUT2D eigenvalue weighted by atomic mass is 19.1. The number of amides is 2. The first-order valence-corrected chi connectivity index (χ1v) is 13.6. The summed E-state index contributed by atoms with van der Waals surface area (Å²) in [6.07, 6.45) is 12.1. The van der Waals surface area contributed by atoms with Gasteiger partial charge in [-0.25, -0.2) is 9.40 Å². The van der Waals surface area contributed by atoms with Gasteiger partial charge in [0, 0.05) is 51.5 Å². The minimum Gasteiger partial charge on any atom is -0.493 e. The van der Waals surface area contributed by atoms with Crippen LogP contribution in [0.1, 0.15) is 53.0 Å². The van der Waals surface area contributed by atoms with Crippen LogP contribution in [0, 0.1) is 11.7 Å². The van der Waals surface area contributed by atoms with Crippen LogP contribution < -0.4 is 4.74 Å². The third-order valence-corrected chi connectivity index (χ3v) is 6.95. The fourth-order valence-electron chi connectivity index (χ4n) is 5.03. The molecule has 1 aromatic rings. The number of benzene rings is 1. The van der Waals surface area contributed by atoms with Gasteiger partial charge in [0.25, 0.3) is 0 Å². The molecule has 2 aliphatic heterocycles. The lowest BCUT2D eigenvalue weighted by Crippen LogP contribution is -2.48. The molecule has 7 nitrogen and oxygen atoms in total. The summed E-state index contributed by atoms with van der Waals surface area (Å²) in [7, 11) is 0. The van der Waals surface area contributed by atoms with E-state index < -0.39 is 0 Å². The monoisotopic (exact) mass is 524 g/mol. The third-order valence-electron chi connectivity index (χ3n) is 6.95. The van der Waals surface area contributed by atoms with Crippen LogP contribution in [0.4, 0.5) is 4.39 Å². The van der Waals surface area contributed by atoms with Crippen molar-refractivity contribution in [1.29, 1.82) is 0 Å². The molecule has 1 aliphatic carbocycles. The fourth-order valence-corrected chi connectivity index (χ4v) is 5.03. The van der Waals surface area contributed by atoms with Crippen molar-refractivity contribution in [3.05, 3.63) is 65.5 Å². The van der Waals surface area contributed by atoms with Crippen LogP contribution in [0.5, 0.6) is 5.75 Å². The average Bonchev–Trinajstić information content (AvgIpc) is 3.04. The topological polar surface area (TPSA) is 65.5 Å². The van der Waals surface area contributed by atoms with Crippen molar-refractivity contribution < 1.29 is 18.7 Å². The lowest BCUT2D eigenvalue weighted by molar-refractivity contribution is -0.131. The molecule has 1 aromatic carbocycles. The van der Waals surface area contributed by atoms with Crippen molar-refractivity contribution in [2.45, 2.75) is 53.5 Å². The smallest absolute Gasteiger partial charge is 0.240 e. The Balaban J connectivity index is 0.000000279. The molecule has 1 saturated heterocycles. The second-order valence-corrected chi connectivity index (χ2v) is 9.73. The maximum atomic E-state index is 13.9. The maximum Gasteiger partial charge on any atom is 0.240 e. The first-order valence-electron chi connectivity index (χ1n) is 13.6. The summed E-state index contributed by atoms with van der Waals surface area (Å²) in [5, 5.41) is 6.07. The molecule has 0 spiro atoms. The minimum absolute atomic E-state index is 0.0890. The van der Waals surface area contributed by atoms with Crippen LogP contribution in [0.25, 0.3) is 0 Å². The highest BCUT2D eigenvalue weighted by Crippen LogP contribution is 2.35. The largest absolute Gasteiger partial charge is 0.493 e. The predicted octanol–water partition coefficient (Wildman–Crippen LogP) is 4.80. The minimum atomic E-state index is -0.353. The molecule has 0 bridgehead atoms. The van der Waals surface area contributed by atoms with E-state index in [4.69, 9.17) is 4.74 Å². The van der Waals surface area contributed by atoms with Crippen molar-refractivity contribution in [3.63, 3.8) is 0 Å². The number of allylic oxidation sites excluding steroid dienone is 4. The van der Waals surface area contributed by atoms with Crippen molar-refractivity contribution >= 4 is 17.5 Å². The number of nitrogens with zero attached hydrogens (tertiary/aromatic N) is 4. The van der Waals surface area contributed by atoms with E-state index in [1.54, 1.807) is 13.0 Å². The van der Waals surface area contributed by atoms with Crippen LogP contribution >= 0.6 is 0 Å². The van der Waals surface area contributed by atoms with Crippen molar-refractivity contribution in [3.8, 4) is 5.75 Å². The van der Waals surface area contributed by atoms with Gasteiger partial charge in [-0.1, -0.05) is 44.2 Å². The summed E-state index contributed by atoms with van der Waals surface area (Å²) in [6, 6.07) is 4.21. The molecule has 4 rings (SSSR count). The number of ether oxygens (including phenoxy) is 1. The molecule has 0 saturated carbocycles.